The molecular weight excluding hydrogens is 232 g/mol. The molecule has 0 saturated carbocycles. The first kappa shape index (κ1) is 14.2. The van der Waals surface area contributed by atoms with Crippen molar-refractivity contribution in [1.29, 1.82) is 0 Å². The minimum absolute atomic E-state index is 0.0253. The average molecular weight is 250 g/mol. The van der Waals surface area contributed by atoms with Crippen molar-refractivity contribution in [3.8, 4) is 0 Å². The van der Waals surface area contributed by atoms with E-state index < -0.39 is 0 Å². The fourth-order valence-corrected chi connectivity index (χ4v) is 1.46. The number of para-hydroxylation sites is 1. The van der Waals surface area contributed by atoms with Crippen LogP contribution in [0.4, 0.5) is 5.69 Å². The number of amides is 1. The highest BCUT2D eigenvalue weighted by atomic mass is 16.5. The molecule has 0 fully saturated rings. The molecule has 18 heavy (non-hydrogen) atoms. The van der Waals surface area contributed by atoms with Crippen LogP contribution in [-0.2, 0) is 9.53 Å². The minimum Gasteiger partial charge on any atom is -0.411 e. The molecule has 98 valence electrons. The van der Waals surface area contributed by atoms with Crippen LogP contribution < -0.4 is 5.32 Å². The maximum absolute atomic E-state index is 11.6. The Morgan fingerprint density at radius 2 is 2.17 bits per heavy atom. The summed E-state index contributed by atoms with van der Waals surface area (Å²) in [5, 5.41) is 14.6. The Labute approximate surface area is 106 Å². The summed E-state index contributed by atoms with van der Waals surface area (Å²) >= 11 is 0. The Morgan fingerprint density at radius 3 is 2.83 bits per heavy atom. The third-order valence-electron chi connectivity index (χ3n) is 2.32. The van der Waals surface area contributed by atoms with E-state index in [0.29, 0.717) is 23.6 Å². The molecule has 0 saturated heterocycles. The lowest BCUT2D eigenvalue weighted by Crippen LogP contribution is -2.20. The van der Waals surface area contributed by atoms with Gasteiger partial charge in [0.15, 0.2) is 0 Å². The molecule has 1 aromatic rings. The molecule has 0 aliphatic heterocycles. The molecule has 5 heteroatoms. The van der Waals surface area contributed by atoms with E-state index in [0.717, 1.165) is 6.42 Å². The van der Waals surface area contributed by atoms with Crippen LogP contribution in [0.25, 0.3) is 0 Å². The first-order chi connectivity index (χ1) is 8.69. The van der Waals surface area contributed by atoms with E-state index in [-0.39, 0.29) is 12.5 Å². The number of oxime groups is 1. The van der Waals surface area contributed by atoms with Crippen LogP contribution >= 0.6 is 0 Å². The van der Waals surface area contributed by atoms with Gasteiger partial charge in [0.05, 0.1) is 5.71 Å². The van der Waals surface area contributed by atoms with Gasteiger partial charge in [0, 0.05) is 17.9 Å². The molecule has 2 N–H and O–H groups in total. The molecule has 0 unspecified atom stereocenters. The van der Waals surface area contributed by atoms with Gasteiger partial charge in [-0.1, -0.05) is 30.3 Å². The van der Waals surface area contributed by atoms with Gasteiger partial charge in [0.2, 0.25) is 5.91 Å². The topological polar surface area (TPSA) is 70.9 Å². The first-order valence-corrected chi connectivity index (χ1v) is 5.84. The lowest BCUT2D eigenvalue weighted by Gasteiger charge is -2.10. The number of anilines is 1. The quantitative estimate of drug-likeness (QED) is 0.352. The fourth-order valence-electron chi connectivity index (χ4n) is 1.46. The number of carbonyl (C=O) groups is 1. The summed E-state index contributed by atoms with van der Waals surface area (Å²) in [7, 11) is 0. The Kier molecular flexibility index (Phi) is 5.87. The van der Waals surface area contributed by atoms with Gasteiger partial charge in [-0.2, -0.15) is 0 Å². The lowest BCUT2D eigenvalue weighted by atomic mass is 10.1. The predicted octanol–water partition coefficient (Wildman–Crippen LogP) is 2.25. The van der Waals surface area contributed by atoms with Crippen LogP contribution in [0.1, 0.15) is 25.8 Å². The molecule has 1 amide bonds. The maximum atomic E-state index is 11.6. The summed E-state index contributed by atoms with van der Waals surface area (Å²) in [6, 6.07) is 7.14. The van der Waals surface area contributed by atoms with E-state index in [9.17, 15) is 4.79 Å². The molecule has 0 aliphatic carbocycles. The zero-order valence-electron chi connectivity index (χ0n) is 10.6. The highest BCUT2D eigenvalue weighted by Crippen LogP contribution is 2.15. The van der Waals surface area contributed by atoms with Crippen molar-refractivity contribution >= 4 is 17.3 Å². The highest BCUT2D eigenvalue weighted by molar-refractivity contribution is 6.06. The molecule has 0 radical (unpaired) electrons. The average Bonchev–Trinajstić information content (AvgIpc) is 2.39. The molecule has 0 spiro atoms. The summed E-state index contributed by atoms with van der Waals surface area (Å²) in [5.41, 5.74) is 1.74. The Morgan fingerprint density at radius 1 is 1.44 bits per heavy atom. The number of ether oxygens (including phenoxy) is 1. The molecule has 5 nitrogen and oxygen atoms in total. The van der Waals surface area contributed by atoms with Crippen molar-refractivity contribution in [2.45, 2.75) is 20.3 Å². The second kappa shape index (κ2) is 7.45. The van der Waals surface area contributed by atoms with Gasteiger partial charge < -0.3 is 15.3 Å². The summed E-state index contributed by atoms with van der Waals surface area (Å²) in [4.78, 5) is 11.6. The molecule has 0 aromatic heterocycles. The maximum Gasteiger partial charge on any atom is 0.250 e. The Hall–Kier alpha value is -1.88. The number of nitrogens with one attached hydrogen (secondary N) is 1. The van der Waals surface area contributed by atoms with Crippen LogP contribution in [-0.4, -0.2) is 30.0 Å². The first-order valence-electron chi connectivity index (χ1n) is 5.84. The van der Waals surface area contributed by atoms with E-state index in [4.69, 9.17) is 9.94 Å². The molecule has 1 rings (SSSR count). The van der Waals surface area contributed by atoms with Crippen LogP contribution in [0.5, 0.6) is 0 Å². The molecule has 0 bridgehead atoms. The number of hydrogen-bond acceptors (Lipinski definition) is 4. The SMILES string of the molecule is CCCOCC(=O)Nc1ccccc1/C(C)=N/O. The summed E-state index contributed by atoms with van der Waals surface area (Å²) in [6.07, 6.45) is 0.875. The number of benzene rings is 1. The van der Waals surface area contributed by atoms with Crippen LogP contribution in [0.15, 0.2) is 29.4 Å². The largest absolute Gasteiger partial charge is 0.411 e. The van der Waals surface area contributed by atoms with Crippen molar-refractivity contribution in [2.24, 2.45) is 5.16 Å². The van der Waals surface area contributed by atoms with Crippen molar-refractivity contribution in [3.05, 3.63) is 29.8 Å². The van der Waals surface area contributed by atoms with Crippen molar-refractivity contribution in [1.82, 2.24) is 0 Å². The summed E-state index contributed by atoms with van der Waals surface area (Å²) in [6.45, 7) is 4.23. The smallest absolute Gasteiger partial charge is 0.250 e. The normalized spacial score (nSPS) is 11.3. The van der Waals surface area contributed by atoms with E-state index in [2.05, 4.69) is 10.5 Å². The summed E-state index contributed by atoms with van der Waals surface area (Å²) < 4.78 is 5.15. The van der Waals surface area contributed by atoms with E-state index in [1.807, 2.05) is 13.0 Å². The number of nitrogens with zero attached hydrogens (tertiary/aromatic N) is 1. The predicted molar refractivity (Wildman–Crippen MR) is 70.2 cm³/mol. The molecule has 0 heterocycles. The standard InChI is InChI=1S/C13H18N2O3/c1-3-8-18-9-13(16)14-12-7-5-4-6-11(12)10(2)15-17/h4-7,17H,3,8-9H2,1-2H3,(H,14,16)/b15-10+. The minimum atomic E-state index is -0.221. The van der Waals surface area contributed by atoms with Gasteiger partial charge in [0.1, 0.15) is 6.61 Å². The zero-order chi connectivity index (χ0) is 13.4. The molecule has 0 aliphatic rings. The van der Waals surface area contributed by atoms with Crippen molar-refractivity contribution in [2.75, 3.05) is 18.5 Å². The Bertz CT molecular complexity index is 430. The van der Waals surface area contributed by atoms with E-state index in [1.54, 1.807) is 25.1 Å². The highest BCUT2D eigenvalue weighted by Gasteiger charge is 2.08. The lowest BCUT2D eigenvalue weighted by molar-refractivity contribution is -0.120. The number of rotatable bonds is 6. The number of carbonyl (C=O) groups excluding carboxylic acids is 1. The second-order valence-electron chi connectivity index (χ2n) is 3.83. The van der Waals surface area contributed by atoms with Crippen molar-refractivity contribution in [3.63, 3.8) is 0 Å². The van der Waals surface area contributed by atoms with E-state index in [1.165, 1.54) is 0 Å². The fraction of sp³-hybridized carbons (Fsp3) is 0.385. The molecule has 1 aromatic carbocycles. The monoisotopic (exact) mass is 250 g/mol. The Balaban J connectivity index is 2.69. The van der Waals surface area contributed by atoms with Gasteiger partial charge >= 0.3 is 0 Å². The molecule has 0 atom stereocenters. The number of hydrogen-bond donors (Lipinski definition) is 2. The van der Waals surface area contributed by atoms with Crippen LogP contribution in [0.2, 0.25) is 0 Å². The second-order valence-corrected chi connectivity index (χ2v) is 3.83. The van der Waals surface area contributed by atoms with Gasteiger partial charge in [-0.05, 0) is 19.4 Å². The van der Waals surface area contributed by atoms with Crippen LogP contribution in [0, 0.1) is 0 Å². The van der Waals surface area contributed by atoms with E-state index >= 15 is 0 Å². The van der Waals surface area contributed by atoms with Gasteiger partial charge in [0.25, 0.3) is 0 Å². The molecular formula is C13H18N2O3. The third-order valence-corrected chi connectivity index (χ3v) is 2.32. The van der Waals surface area contributed by atoms with Gasteiger partial charge in [-0.15, -0.1) is 0 Å². The van der Waals surface area contributed by atoms with Gasteiger partial charge in [-0.25, -0.2) is 0 Å². The van der Waals surface area contributed by atoms with Crippen molar-refractivity contribution < 1.29 is 14.7 Å². The summed E-state index contributed by atoms with van der Waals surface area (Å²) in [5.74, 6) is -0.221. The zero-order valence-corrected chi connectivity index (χ0v) is 10.6. The van der Waals surface area contributed by atoms with Gasteiger partial charge in [-0.3, -0.25) is 4.79 Å². The third kappa shape index (κ3) is 4.18. The van der Waals surface area contributed by atoms with Crippen LogP contribution in [0.3, 0.4) is 0 Å².